The third-order valence-corrected chi connectivity index (χ3v) is 5.43. The number of carbonyl (C=O) groups excluding carboxylic acids is 1. The standard InChI is InChI=1S/C14H24N2O2/c15-13(17)12-11-4-1-3-10(11)9-16(12)8-7-14(18)5-2-6-14/h10-12,18H,1-9H2,(H2,15,17). The van der Waals surface area contributed by atoms with Crippen LogP contribution in [-0.2, 0) is 4.79 Å². The molecule has 1 heterocycles. The molecule has 4 nitrogen and oxygen atoms in total. The Morgan fingerprint density at radius 1 is 1.33 bits per heavy atom. The summed E-state index contributed by atoms with van der Waals surface area (Å²) < 4.78 is 0. The maximum atomic E-state index is 11.7. The Kier molecular flexibility index (Phi) is 3.10. The molecule has 102 valence electrons. The van der Waals surface area contributed by atoms with Gasteiger partial charge in [-0.15, -0.1) is 0 Å². The average Bonchev–Trinajstić information content (AvgIpc) is 2.82. The third kappa shape index (κ3) is 2.05. The first-order chi connectivity index (χ1) is 8.59. The van der Waals surface area contributed by atoms with Crippen molar-refractivity contribution in [3.63, 3.8) is 0 Å². The van der Waals surface area contributed by atoms with Gasteiger partial charge in [0.15, 0.2) is 0 Å². The number of rotatable bonds is 4. The van der Waals surface area contributed by atoms with E-state index in [2.05, 4.69) is 4.90 Å². The minimum atomic E-state index is -0.445. The van der Waals surface area contributed by atoms with Crippen molar-refractivity contribution in [2.45, 2.75) is 56.6 Å². The van der Waals surface area contributed by atoms with Crippen molar-refractivity contribution < 1.29 is 9.90 Å². The molecule has 3 aliphatic rings. The SMILES string of the molecule is NC(=O)C1C2CCCC2CN1CCC1(O)CCC1. The second kappa shape index (κ2) is 4.49. The second-order valence-corrected chi connectivity index (χ2v) is 6.52. The lowest BCUT2D eigenvalue weighted by Gasteiger charge is -2.38. The summed E-state index contributed by atoms with van der Waals surface area (Å²) in [6, 6.07) is -0.0684. The zero-order valence-electron chi connectivity index (χ0n) is 11.0. The zero-order valence-corrected chi connectivity index (χ0v) is 11.0. The van der Waals surface area contributed by atoms with E-state index in [-0.39, 0.29) is 11.9 Å². The predicted octanol–water partition coefficient (Wildman–Crippen LogP) is 0.877. The first-order valence-electron chi connectivity index (χ1n) is 7.35. The quantitative estimate of drug-likeness (QED) is 0.780. The van der Waals surface area contributed by atoms with Crippen molar-refractivity contribution in [2.75, 3.05) is 13.1 Å². The molecule has 3 atom stereocenters. The normalized spacial score (nSPS) is 38.4. The van der Waals surface area contributed by atoms with E-state index >= 15 is 0 Å². The number of hydrogen-bond donors (Lipinski definition) is 2. The van der Waals surface area contributed by atoms with Gasteiger partial charge >= 0.3 is 0 Å². The molecular weight excluding hydrogens is 228 g/mol. The Hall–Kier alpha value is -0.610. The van der Waals surface area contributed by atoms with Gasteiger partial charge in [-0.2, -0.15) is 0 Å². The van der Waals surface area contributed by atoms with Crippen LogP contribution in [-0.4, -0.2) is 40.6 Å². The summed E-state index contributed by atoms with van der Waals surface area (Å²) in [5.41, 5.74) is 5.14. The number of amides is 1. The van der Waals surface area contributed by atoms with Crippen LogP contribution in [0.2, 0.25) is 0 Å². The minimum Gasteiger partial charge on any atom is -0.390 e. The molecule has 3 rings (SSSR count). The highest BCUT2D eigenvalue weighted by molar-refractivity contribution is 5.80. The van der Waals surface area contributed by atoms with E-state index in [0.717, 1.165) is 45.2 Å². The summed E-state index contributed by atoms with van der Waals surface area (Å²) in [5.74, 6) is 0.988. The highest BCUT2D eigenvalue weighted by Gasteiger charge is 2.47. The van der Waals surface area contributed by atoms with Crippen LogP contribution in [0.3, 0.4) is 0 Å². The Balaban J connectivity index is 1.62. The highest BCUT2D eigenvalue weighted by atomic mass is 16.3. The maximum Gasteiger partial charge on any atom is 0.235 e. The van der Waals surface area contributed by atoms with Gasteiger partial charge in [-0.25, -0.2) is 0 Å². The molecule has 0 aromatic carbocycles. The van der Waals surface area contributed by atoms with Crippen molar-refractivity contribution in [3.8, 4) is 0 Å². The highest BCUT2D eigenvalue weighted by Crippen LogP contribution is 2.43. The monoisotopic (exact) mass is 252 g/mol. The molecule has 3 N–H and O–H groups in total. The number of aliphatic hydroxyl groups is 1. The summed E-state index contributed by atoms with van der Waals surface area (Å²) in [6.07, 6.45) is 7.44. The first kappa shape index (κ1) is 12.4. The zero-order chi connectivity index (χ0) is 12.8. The van der Waals surface area contributed by atoms with Gasteiger partial charge in [-0.3, -0.25) is 9.69 Å². The molecule has 0 aromatic rings. The summed E-state index contributed by atoms with van der Waals surface area (Å²) in [7, 11) is 0. The first-order valence-corrected chi connectivity index (χ1v) is 7.35. The number of primary amides is 1. The fourth-order valence-corrected chi connectivity index (χ4v) is 4.20. The Morgan fingerprint density at radius 3 is 2.72 bits per heavy atom. The van der Waals surface area contributed by atoms with Crippen LogP contribution in [0.15, 0.2) is 0 Å². The molecule has 4 heteroatoms. The maximum absolute atomic E-state index is 11.7. The fraction of sp³-hybridized carbons (Fsp3) is 0.929. The van der Waals surface area contributed by atoms with Gasteiger partial charge in [0.25, 0.3) is 0 Å². The van der Waals surface area contributed by atoms with Gasteiger partial charge < -0.3 is 10.8 Å². The summed E-state index contributed by atoms with van der Waals surface area (Å²) >= 11 is 0. The van der Waals surface area contributed by atoms with Crippen LogP contribution < -0.4 is 5.73 Å². The molecule has 18 heavy (non-hydrogen) atoms. The number of likely N-dealkylation sites (tertiary alicyclic amines) is 1. The van der Waals surface area contributed by atoms with E-state index in [1.54, 1.807) is 0 Å². The molecular formula is C14H24N2O2. The number of nitrogens with two attached hydrogens (primary N) is 1. The number of carbonyl (C=O) groups is 1. The second-order valence-electron chi connectivity index (χ2n) is 6.52. The lowest BCUT2D eigenvalue weighted by molar-refractivity contribution is -0.124. The topological polar surface area (TPSA) is 66.6 Å². The summed E-state index contributed by atoms with van der Waals surface area (Å²) in [6.45, 7) is 1.84. The molecule has 2 aliphatic carbocycles. The van der Waals surface area contributed by atoms with Crippen LogP contribution in [0.1, 0.15) is 44.9 Å². The number of nitrogens with zero attached hydrogens (tertiary/aromatic N) is 1. The number of fused-ring (bicyclic) bond motifs is 1. The molecule has 3 fully saturated rings. The largest absolute Gasteiger partial charge is 0.390 e. The Bertz CT molecular complexity index is 341. The Labute approximate surface area is 109 Å². The van der Waals surface area contributed by atoms with Gasteiger partial charge in [-0.1, -0.05) is 6.42 Å². The molecule has 0 aromatic heterocycles. The van der Waals surface area contributed by atoms with Crippen LogP contribution in [0.25, 0.3) is 0 Å². The molecule has 1 aliphatic heterocycles. The van der Waals surface area contributed by atoms with Gasteiger partial charge in [0.05, 0.1) is 11.6 Å². The van der Waals surface area contributed by atoms with Gasteiger partial charge in [0, 0.05) is 13.1 Å². The average molecular weight is 252 g/mol. The molecule has 0 bridgehead atoms. The van der Waals surface area contributed by atoms with Crippen LogP contribution in [0, 0.1) is 11.8 Å². The fourth-order valence-electron chi connectivity index (χ4n) is 4.20. The van der Waals surface area contributed by atoms with Crippen molar-refractivity contribution in [2.24, 2.45) is 17.6 Å². The van der Waals surface area contributed by atoms with E-state index in [1.165, 1.54) is 12.8 Å². The lowest BCUT2D eigenvalue weighted by Crippen LogP contribution is -2.47. The summed E-state index contributed by atoms with van der Waals surface area (Å²) in [4.78, 5) is 13.9. The van der Waals surface area contributed by atoms with Crippen LogP contribution in [0.5, 0.6) is 0 Å². The van der Waals surface area contributed by atoms with Gasteiger partial charge in [0.2, 0.25) is 5.91 Å². The van der Waals surface area contributed by atoms with E-state index in [1.807, 2.05) is 0 Å². The van der Waals surface area contributed by atoms with Crippen molar-refractivity contribution >= 4 is 5.91 Å². The smallest absolute Gasteiger partial charge is 0.235 e. The summed E-state index contributed by atoms with van der Waals surface area (Å²) in [5, 5.41) is 10.2. The van der Waals surface area contributed by atoms with Crippen molar-refractivity contribution in [3.05, 3.63) is 0 Å². The molecule has 1 amide bonds. The third-order valence-electron chi connectivity index (χ3n) is 5.43. The molecule has 2 saturated carbocycles. The van der Waals surface area contributed by atoms with Crippen LogP contribution in [0.4, 0.5) is 0 Å². The van der Waals surface area contributed by atoms with Crippen molar-refractivity contribution in [1.82, 2.24) is 4.90 Å². The molecule has 0 radical (unpaired) electrons. The molecule has 1 saturated heterocycles. The Morgan fingerprint density at radius 2 is 2.11 bits per heavy atom. The van der Waals surface area contributed by atoms with Crippen LogP contribution >= 0.6 is 0 Å². The minimum absolute atomic E-state index is 0.0684. The molecule has 0 spiro atoms. The van der Waals surface area contributed by atoms with E-state index in [9.17, 15) is 9.90 Å². The van der Waals surface area contributed by atoms with Crippen molar-refractivity contribution in [1.29, 1.82) is 0 Å². The van der Waals surface area contributed by atoms with Gasteiger partial charge in [-0.05, 0) is 50.4 Å². The molecule has 3 unspecified atom stereocenters. The lowest BCUT2D eigenvalue weighted by atomic mass is 9.78. The number of hydrogen-bond acceptors (Lipinski definition) is 3. The van der Waals surface area contributed by atoms with E-state index in [4.69, 9.17) is 5.73 Å². The predicted molar refractivity (Wildman–Crippen MR) is 68.8 cm³/mol. The van der Waals surface area contributed by atoms with E-state index < -0.39 is 5.60 Å². The van der Waals surface area contributed by atoms with E-state index in [0.29, 0.717) is 11.8 Å². The van der Waals surface area contributed by atoms with Gasteiger partial charge in [0.1, 0.15) is 0 Å².